The fraction of sp³-hybridized carbons (Fsp3) is 0.348. The lowest BCUT2D eigenvalue weighted by molar-refractivity contribution is -0.125. The number of hydrogen-bond acceptors (Lipinski definition) is 7. The van der Waals surface area contributed by atoms with Gasteiger partial charge >= 0.3 is 6.03 Å². The molecule has 3 heterocycles. The van der Waals surface area contributed by atoms with Crippen LogP contribution >= 0.6 is 11.6 Å². The first kappa shape index (κ1) is 24.6. The SMILES string of the molecule is O=C1NC(=O)C2(CCC(CNC(=O)c3cc(C(=O)NCc4ccc(F)c(Cl)c4)nc4ncnn34)CC2)N1. The van der Waals surface area contributed by atoms with Crippen LogP contribution in [0, 0.1) is 11.7 Å². The Morgan fingerprint density at radius 1 is 1.16 bits per heavy atom. The Morgan fingerprint density at radius 3 is 2.65 bits per heavy atom. The smallest absolute Gasteiger partial charge is 0.322 e. The molecule has 5 rings (SSSR count). The molecule has 0 radical (unpaired) electrons. The lowest BCUT2D eigenvalue weighted by Crippen LogP contribution is -2.50. The summed E-state index contributed by atoms with van der Waals surface area (Å²) in [6.07, 6.45) is 3.48. The molecular formula is C23H22ClFN8O4. The summed E-state index contributed by atoms with van der Waals surface area (Å²) in [5.74, 6) is -1.71. The second-order valence-electron chi connectivity index (χ2n) is 9.07. The number of nitrogens with one attached hydrogen (secondary N) is 4. The van der Waals surface area contributed by atoms with E-state index in [1.165, 1.54) is 35.1 Å². The summed E-state index contributed by atoms with van der Waals surface area (Å²) < 4.78 is 14.6. The van der Waals surface area contributed by atoms with Crippen molar-refractivity contribution in [1.82, 2.24) is 40.8 Å². The van der Waals surface area contributed by atoms with E-state index >= 15 is 0 Å². The molecule has 1 aromatic carbocycles. The molecule has 1 saturated heterocycles. The van der Waals surface area contributed by atoms with Gasteiger partial charge in [-0.3, -0.25) is 19.7 Å². The highest BCUT2D eigenvalue weighted by Gasteiger charge is 2.47. The fourth-order valence-electron chi connectivity index (χ4n) is 4.60. The minimum Gasteiger partial charge on any atom is -0.350 e. The Labute approximate surface area is 214 Å². The summed E-state index contributed by atoms with van der Waals surface area (Å²) in [4.78, 5) is 57.6. The number of carbonyl (C=O) groups excluding carboxylic acids is 4. The molecule has 12 nitrogen and oxygen atoms in total. The van der Waals surface area contributed by atoms with Gasteiger partial charge in [-0.15, -0.1) is 0 Å². The lowest BCUT2D eigenvalue weighted by atomic mass is 9.76. The van der Waals surface area contributed by atoms with Crippen LogP contribution in [0.2, 0.25) is 5.02 Å². The number of rotatable bonds is 6. The summed E-state index contributed by atoms with van der Waals surface area (Å²) >= 11 is 5.79. The molecule has 4 N–H and O–H groups in total. The van der Waals surface area contributed by atoms with Crippen LogP contribution < -0.4 is 21.3 Å². The number of benzene rings is 1. The molecule has 3 aromatic rings. The maximum Gasteiger partial charge on any atom is 0.322 e. The van der Waals surface area contributed by atoms with E-state index in [-0.39, 0.29) is 40.6 Å². The molecule has 1 saturated carbocycles. The van der Waals surface area contributed by atoms with Crippen molar-refractivity contribution in [1.29, 1.82) is 0 Å². The van der Waals surface area contributed by atoms with Gasteiger partial charge in [0.1, 0.15) is 29.1 Å². The second kappa shape index (κ2) is 9.73. The number of carbonyl (C=O) groups is 4. The molecule has 192 valence electrons. The average molecular weight is 529 g/mol. The second-order valence-corrected chi connectivity index (χ2v) is 9.48. The Balaban J connectivity index is 1.23. The van der Waals surface area contributed by atoms with Crippen LogP contribution in [0.1, 0.15) is 52.2 Å². The predicted molar refractivity (Wildman–Crippen MR) is 127 cm³/mol. The van der Waals surface area contributed by atoms with Gasteiger partial charge in [-0.2, -0.15) is 14.6 Å². The van der Waals surface area contributed by atoms with E-state index in [1.54, 1.807) is 0 Å². The van der Waals surface area contributed by atoms with Crippen LogP contribution in [-0.4, -0.2) is 55.4 Å². The minimum absolute atomic E-state index is 0.0403. The summed E-state index contributed by atoms with van der Waals surface area (Å²) in [7, 11) is 0. The molecule has 2 aromatic heterocycles. The third kappa shape index (κ3) is 4.94. The normalized spacial score (nSPS) is 21.1. The minimum atomic E-state index is -0.864. The van der Waals surface area contributed by atoms with E-state index in [9.17, 15) is 23.6 Å². The highest BCUT2D eigenvalue weighted by Crippen LogP contribution is 2.33. The van der Waals surface area contributed by atoms with Gasteiger partial charge in [0.15, 0.2) is 0 Å². The molecule has 0 atom stereocenters. The van der Waals surface area contributed by atoms with Crippen molar-refractivity contribution in [2.45, 2.75) is 37.8 Å². The van der Waals surface area contributed by atoms with Gasteiger partial charge in [-0.1, -0.05) is 17.7 Å². The summed E-state index contributed by atoms with van der Waals surface area (Å²) in [5, 5.41) is 14.5. The summed E-state index contributed by atoms with van der Waals surface area (Å²) in [5.41, 5.74) is -0.240. The van der Waals surface area contributed by atoms with Crippen molar-refractivity contribution < 1.29 is 23.6 Å². The Hall–Kier alpha value is -4.13. The summed E-state index contributed by atoms with van der Waals surface area (Å²) in [6, 6.07) is 4.95. The number of hydrogen-bond donors (Lipinski definition) is 4. The number of imide groups is 1. The maximum absolute atomic E-state index is 13.4. The Bertz CT molecular complexity index is 1420. The molecule has 2 fully saturated rings. The van der Waals surface area contributed by atoms with Gasteiger partial charge in [-0.25, -0.2) is 14.2 Å². The zero-order chi connectivity index (χ0) is 26.2. The van der Waals surface area contributed by atoms with E-state index in [0.29, 0.717) is 37.8 Å². The third-order valence-corrected chi connectivity index (χ3v) is 6.97. The van der Waals surface area contributed by atoms with Crippen LogP contribution in [0.4, 0.5) is 9.18 Å². The third-order valence-electron chi connectivity index (χ3n) is 6.68. The Morgan fingerprint density at radius 2 is 1.95 bits per heavy atom. The fourth-order valence-corrected chi connectivity index (χ4v) is 4.80. The van der Waals surface area contributed by atoms with E-state index in [2.05, 4.69) is 36.3 Å². The van der Waals surface area contributed by atoms with E-state index < -0.39 is 29.2 Å². The molecule has 1 aliphatic heterocycles. The number of amides is 5. The highest BCUT2D eigenvalue weighted by molar-refractivity contribution is 6.30. The van der Waals surface area contributed by atoms with E-state index in [0.717, 1.165) is 0 Å². The van der Waals surface area contributed by atoms with Crippen molar-refractivity contribution in [2.24, 2.45) is 5.92 Å². The number of urea groups is 1. The van der Waals surface area contributed by atoms with Crippen molar-refractivity contribution >= 4 is 41.1 Å². The maximum atomic E-state index is 13.4. The van der Waals surface area contributed by atoms with Crippen molar-refractivity contribution in [2.75, 3.05) is 6.54 Å². The number of nitrogens with zero attached hydrogens (tertiary/aromatic N) is 4. The predicted octanol–water partition coefficient (Wildman–Crippen LogP) is 1.34. The van der Waals surface area contributed by atoms with Gasteiger partial charge in [0.2, 0.25) is 0 Å². The molecule has 37 heavy (non-hydrogen) atoms. The number of fused-ring (bicyclic) bond motifs is 1. The monoisotopic (exact) mass is 528 g/mol. The standard InChI is InChI=1S/C23H22ClFN8O4/c24-14-7-13(1-2-15(14)25)10-26-18(34)16-8-17(33-21(30-16)28-11-29-33)19(35)27-9-12-3-5-23(6-4-12)20(36)31-22(37)32-23/h1-2,7-8,11-12H,3-6,9-10H2,(H,26,34)(H,27,35)(H2,31,32,36,37). The van der Waals surface area contributed by atoms with Crippen LogP contribution in [0.25, 0.3) is 5.78 Å². The largest absolute Gasteiger partial charge is 0.350 e. The zero-order valence-corrected chi connectivity index (χ0v) is 20.1. The van der Waals surface area contributed by atoms with Gasteiger partial charge < -0.3 is 16.0 Å². The Kier molecular flexibility index (Phi) is 6.46. The molecule has 0 unspecified atom stereocenters. The van der Waals surface area contributed by atoms with Crippen LogP contribution in [0.5, 0.6) is 0 Å². The van der Waals surface area contributed by atoms with Gasteiger partial charge in [0.05, 0.1) is 5.02 Å². The van der Waals surface area contributed by atoms with Crippen LogP contribution in [0.15, 0.2) is 30.6 Å². The molecule has 5 amide bonds. The average Bonchev–Trinajstić information content (AvgIpc) is 3.47. The number of halogens is 2. The zero-order valence-electron chi connectivity index (χ0n) is 19.4. The molecule has 0 bridgehead atoms. The van der Waals surface area contributed by atoms with Crippen molar-refractivity contribution in [3.8, 4) is 0 Å². The van der Waals surface area contributed by atoms with Crippen molar-refractivity contribution in [3.05, 3.63) is 58.4 Å². The molecular weight excluding hydrogens is 507 g/mol. The first-order chi connectivity index (χ1) is 17.7. The van der Waals surface area contributed by atoms with E-state index in [4.69, 9.17) is 11.6 Å². The number of aromatic nitrogens is 4. The van der Waals surface area contributed by atoms with Crippen LogP contribution in [0.3, 0.4) is 0 Å². The van der Waals surface area contributed by atoms with E-state index in [1.807, 2.05) is 0 Å². The molecule has 1 spiro atoms. The highest BCUT2D eigenvalue weighted by atomic mass is 35.5. The van der Waals surface area contributed by atoms with Gasteiger partial charge in [-0.05, 0) is 49.3 Å². The molecule has 1 aliphatic carbocycles. The lowest BCUT2D eigenvalue weighted by Gasteiger charge is -2.34. The van der Waals surface area contributed by atoms with Gasteiger partial charge in [0.25, 0.3) is 23.5 Å². The summed E-state index contributed by atoms with van der Waals surface area (Å²) in [6.45, 7) is 0.414. The first-order valence-corrected chi connectivity index (χ1v) is 12.0. The van der Waals surface area contributed by atoms with Crippen LogP contribution in [-0.2, 0) is 11.3 Å². The molecule has 14 heteroatoms. The molecule has 2 aliphatic rings. The first-order valence-electron chi connectivity index (χ1n) is 11.6. The van der Waals surface area contributed by atoms with Gasteiger partial charge in [0, 0.05) is 19.2 Å². The van der Waals surface area contributed by atoms with Crippen molar-refractivity contribution in [3.63, 3.8) is 0 Å². The topological polar surface area (TPSA) is 159 Å². The quantitative estimate of drug-likeness (QED) is 0.351.